The van der Waals surface area contributed by atoms with E-state index in [-0.39, 0.29) is 19.5 Å². The largest absolute Gasteiger partial charge is 0.0971 e. The van der Waals surface area contributed by atoms with Gasteiger partial charge in [-0.1, -0.05) is 65.7 Å². The monoisotopic (exact) mass is 383 g/mol. The molecule has 0 aliphatic heterocycles. The van der Waals surface area contributed by atoms with E-state index >= 15 is 0 Å². The quantitative estimate of drug-likeness (QED) is 0.387. The normalized spacial score (nSPS) is 27.4. The predicted molar refractivity (Wildman–Crippen MR) is 87.5 cm³/mol. The molecule has 0 atom stereocenters. The Labute approximate surface area is 140 Å². The Hall–Kier alpha value is 1.05. The molecular weight excluding hydrogens is 350 g/mol. The summed E-state index contributed by atoms with van der Waals surface area (Å²) in [5.41, 5.74) is 3.57. The Bertz CT molecular complexity index is 207. The second-order valence-corrected chi connectivity index (χ2v) is 10.4. The Morgan fingerprint density at radius 3 is 0.900 bits per heavy atom. The van der Waals surface area contributed by atoms with Gasteiger partial charge in [-0.3, -0.25) is 0 Å². The van der Waals surface area contributed by atoms with Crippen molar-refractivity contribution >= 4 is 7.92 Å². The minimum atomic E-state index is 0. The van der Waals surface area contributed by atoms with Crippen molar-refractivity contribution in [2.24, 2.45) is 0 Å². The number of hydrogen-bond acceptors (Lipinski definition) is 0. The molecule has 0 bridgehead atoms. The molecule has 0 nitrogen and oxygen atoms in total. The van der Waals surface area contributed by atoms with Gasteiger partial charge in [0.05, 0.1) is 0 Å². The van der Waals surface area contributed by atoms with Crippen molar-refractivity contribution < 1.29 is 19.5 Å². The van der Waals surface area contributed by atoms with Gasteiger partial charge in [0.25, 0.3) is 0 Å². The minimum Gasteiger partial charge on any atom is -0.0971 e. The van der Waals surface area contributed by atoms with Crippen molar-refractivity contribution in [2.75, 3.05) is 0 Å². The Balaban J connectivity index is 0.00000147. The van der Waals surface area contributed by atoms with Crippen LogP contribution in [0.2, 0.25) is 0 Å². The number of hydrogen-bond donors (Lipinski definition) is 0. The molecule has 20 heavy (non-hydrogen) atoms. The summed E-state index contributed by atoms with van der Waals surface area (Å²) in [5, 5.41) is 0. The summed E-state index contributed by atoms with van der Waals surface area (Å²) < 4.78 is 0. The van der Waals surface area contributed by atoms with E-state index < -0.39 is 0 Å². The zero-order chi connectivity index (χ0) is 12.9. The fourth-order valence-electron chi connectivity index (χ4n) is 5.03. The average molecular weight is 383 g/mol. The molecule has 3 fully saturated rings. The van der Waals surface area contributed by atoms with E-state index in [1.807, 2.05) is 0 Å². The summed E-state index contributed by atoms with van der Waals surface area (Å²) in [4.78, 5) is 0. The van der Waals surface area contributed by atoms with Crippen molar-refractivity contribution in [3.63, 3.8) is 0 Å². The van der Waals surface area contributed by atoms with Crippen LogP contribution in [0.3, 0.4) is 0 Å². The summed E-state index contributed by atoms with van der Waals surface area (Å²) in [5.74, 6) is 0. The van der Waals surface area contributed by atoms with Crippen LogP contribution in [0, 0.1) is 0 Å². The van der Waals surface area contributed by atoms with Gasteiger partial charge in [0.15, 0.2) is 0 Å². The third-order valence-corrected chi connectivity index (χ3v) is 10.1. The second kappa shape index (κ2) is 9.25. The summed E-state index contributed by atoms with van der Waals surface area (Å²) in [6, 6.07) is 0. The van der Waals surface area contributed by atoms with Gasteiger partial charge in [-0.25, -0.2) is 0 Å². The van der Waals surface area contributed by atoms with E-state index in [0.29, 0.717) is 7.92 Å². The van der Waals surface area contributed by atoms with Crippen LogP contribution in [-0.2, 0) is 19.5 Å². The zero-order valence-corrected chi connectivity index (χ0v) is 15.7. The Kier molecular flexibility index (Phi) is 8.05. The van der Waals surface area contributed by atoms with E-state index in [1.165, 1.54) is 36.2 Å². The van der Waals surface area contributed by atoms with E-state index in [4.69, 9.17) is 0 Å². The first-order valence-electron chi connectivity index (χ1n) is 9.22. The minimum absolute atomic E-state index is 0. The molecule has 3 saturated carbocycles. The Morgan fingerprint density at radius 1 is 0.400 bits per heavy atom. The summed E-state index contributed by atoms with van der Waals surface area (Å²) in [7, 11) is 0.385. The van der Waals surface area contributed by atoms with Gasteiger partial charge < -0.3 is 0 Å². The summed E-state index contributed by atoms with van der Waals surface area (Å²) >= 11 is 0. The van der Waals surface area contributed by atoms with Crippen LogP contribution < -0.4 is 0 Å². The zero-order valence-electron chi connectivity index (χ0n) is 13.1. The smallest absolute Gasteiger partial charge is 0 e. The molecule has 0 saturated heterocycles. The second-order valence-electron chi connectivity index (χ2n) is 7.32. The standard InChI is InChI=1S/C18H33P.Rh/c1-4-10-16(11-5-1)19(17-12-6-2-7-13-17)18-14-8-3-9-15-18;/h16-18H,1-15H2;. The van der Waals surface area contributed by atoms with Gasteiger partial charge in [-0.15, -0.1) is 0 Å². The van der Waals surface area contributed by atoms with E-state index in [0.717, 1.165) is 0 Å². The maximum atomic E-state index is 1.61. The van der Waals surface area contributed by atoms with Crippen molar-refractivity contribution in [1.29, 1.82) is 0 Å². The molecule has 3 rings (SSSR count). The molecule has 0 aromatic carbocycles. The van der Waals surface area contributed by atoms with Gasteiger partial charge in [-0.2, -0.15) is 0 Å². The van der Waals surface area contributed by atoms with E-state index in [2.05, 4.69) is 0 Å². The Morgan fingerprint density at radius 2 is 0.650 bits per heavy atom. The van der Waals surface area contributed by atoms with Crippen molar-refractivity contribution in [2.45, 2.75) is 113 Å². The first-order valence-corrected chi connectivity index (χ1v) is 10.8. The fraction of sp³-hybridized carbons (Fsp3) is 1.00. The van der Waals surface area contributed by atoms with Crippen LogP contribution in [-0.4, -0.2) is 17.0 Å². The van der Waals surface area contributed by atoms with Gasteiger partial charge in [0.2, 0.25) is 0 Å². The topological polar surface area (TPSA) is 0 Å². The van der Waals surface area contributed by atoms with Crippen LogP contribution in [0.1, 0.15) is 96.3 Å². The SMILES string of the molecule is C1CCC(P(C2CCCCC2)C2CCCCC2)CC1.[Rh]. The van der Waals surface area contributed by atoms with Crippen LogP contribution in [0.25, 0.3) is 0 Å². The van der Waals surface area contributed by atoms with Gasteiger partial charge >= 0.3 is 0 Å². The summed E-state index contributed by atoms with van der Waals surface area (Å²) in [6.07, 6.45) is 23.6. The molecule has 1 radical (unpaired) electrons. The van der Waals surface area contributed by atoms with Crippen molar-refractivity contribution in [1.82, 2.24) is 0 Å². The van der Waals surface area contributed by atoms with Gasteiger partial charge in [0, 0.05) is 19.5 Å². The van der Waals surface area contributed by atoms with Gasteiger partial charge in [-0.05, 0) is 55.5 Å². The molecule has 0 amide bonds. The molecule has 0 aromatic heterocycles. The van der Waals surface area contributed by atoms with E-state index in [1.54, 1.807) is 77.0 Å². The van der Waals surface area contributed by atoms with Crippen LogP contribution in [0.4, 0.5) is 0 Å². The third kappa shape index (κ3) is 4.52. The maximum Gasteiger partial charge on any atom is 0 e. The molecule has 119 valence electrons. The number of rotatable bonds is 3. The molecule has 0 aromatic rings. The molecule has 0 N–H and O–H groups in total. The maximum absolute atomic E-state index is 1.61. The molecule has 0 heterocycles. The average Bonchev–Trinajstić information content (AvgIpc) is 2.51. The molecule has 0 unspecified atom stereocenters. The van der Waals surface area contributed by atoms with Crippen molar-refractivity contribution in [3.05, 3.63) is 0 Å². The van der Waals surface area contributed by atoms with Crippen LogP contribution in [0.15, 0.2) is 0 Å². The van der Waals surface area contributed by atoms with Crippen LogP contribution in [0.5, 0.6) is 0 Å². The predicted octanol–water partition coefficient (Wildman–Crippen LogP) is 6.46. The van der Waals surface area contributed by atoms with Crippen LogP contribution >= 0.6 is 7.92 Å². The molecule has 3 aliphatic rings. The fourth-order valence-corrected chi connectivity index (χ4v) is 9.71. The molecule has 0 spiro atoms. The molecule has 3 aliphatic carbocycles. The van der Waals surface area contributed by atoms with Gasteiger partial charge in [0.1, 0.15) is 0 Å². The summed E-state index contributed by atoms with van der Waals surface area (Å²) in [6.45, 7) is 0. The van der Waals surface area contributed by atoms with E-state index in [9.17, 15) is 0 Å². The first-order chi connectivity index (χ1) is 9.45. The molecular formula is C18H33PRh. The molecule has 2 heteroatoms. The first kappa shape index (κ1) is 17.4. The van der Waals surface area contributed by atoms with Crippen molar-refractivity contribution in [3.8, 4) is 0 Å². The third-order valence-electron chi connectivity index (χ3n) is 5.99.